The summed E-state index contributed by atoms with van der Waals surface area (Å²) in [5.41, 5.74) is 4.58. The van der Waals surface area contributed by atoms with Crippen molar-refractivity contribution in [2.75, 3.05) is 0 Å². The fraction of sp³-hybridized carbons (Fsp3) is 0.0526. The molecule has 4 rings (SSSR count). The molecule has 2 aromatic carbocycles. The Bertz CT molecular complexity index is 890. The van der Waals surface area contributed by atoms with E-state index in [1.807, 2.05) is 48.7 Å². The first-order valence-electron chi connectivity index (χ1n) is 7.43. The van der Waals surface area contributed by atoms with E-state index < -0.39 is 0 Å². The largest absolute Gasteiger partial charge is 0.340 e. The van der Waals surface area contributed by atoms with E-state index in [0.717, 1.165) is 28.2 Å². The molecule has 0 N–H and O–H groups in total. The molecular formula is C19H14FN3. The van der Waals surface area contributed by atoms with Gasteiger partial charge in [0.05, 0.1) is 18.0 Å². The van der Waals surface area contributed by atoms with Gasteiger partial charge in [0.2, 0.25) is 0 Å². The van der Waals surface area contributed by atoms with Gasteiger partial charge in [-0.25, -0.2) is 4.39 Å². The van der Waals surface area contributed by atoms with Gasteiger partial charge in [0.1, 0.15) is 11.5 Å². The Balaban J connectivity index is 1.83. The molecule has 0 fully saturated rings. The number of aromatic nitrogens is 1. The van der Waals surface area contributed by atoms with E-state index in [0.29, 0.717) is 6.54 Å². The van der Waals surface area contributed by atoms with Gasteiger partial charge in [-0.2, -0.15) is 5.10 Å². The number of nitrogens with zero attached hydrogens (tertiary/aromatic N) is 3. The van der Waals surface area contributed by atoms with Crippen LogP contribution in [0, 0.1) is 5.82 Å². The van der Waals surface area contributed by atoms with Crippen LogP contribution in [-0.2, 0) is 6.54 Å². The molecule has 0 atom stereocenters. The number of hydrogen-bond donors (Lipinski definition) is 0. The van der Waals surface area contributed by atoms with Crippen molar-refractivity contribution >= 4 is 11.4 Å². The Morgan fingerprint density at radius 2 is 1.57 bits per heavy atom. The van der Waals surface area contributed by atoms with E-state index >= 15 is 0 Å². The van der Waals surface area contributed by atoms with Gasteiger partial charge in [-0.1, -0.05) is 42.5 Å². The van der Waals surface area contributed by atoms with Crippen LogP contribution in [0.3, 0.4) is 0 Å². The third-order valence-corrected chi connectivity index (χ3v) is 3.89. The zero-order chi connectivity index (χ0) is 15.6. The molecule has 1 aromatic heterocycles. The van der Waals surface area contributed by atoms with E-state index in [9.17, 15) is 4.39 Å². The van der Waals surface area contributed by atoms with Crippen molar-refractivity contribution in [3.05, 3.63) is 95.6 Å². The molecule has 2 heterocycles. The summed E-state index contributed by atoms with van der Waals surface area (Å²) < 4.78 is 15.2. The van der Waals surface area contributed by atoms with Crippen LogP contribution in [0.5, 0.6) is 0 Å². The van der Waals surface area contributed by atoms with Gasteiger partial charge < -0.3 is 4.57 Å². The fourth-order valence-electron chi connectivity index (χ4n) is 2.71. The Labute approximate surface area is 133 Å². The Hall–Kier alpha value is -3.01. The van der Waals surface area contributed by atoms with E-state index in [1.165, 1.54) is 12.1 Å². The third kappa shape index (κ3) is 2.59. The molecule has 0 radical (unpaired) electrons. The minimum atomic E-state index is -0.252. The molecule has 0 aliphatic carbocycles. The number of hydrogen-bond acceptors (Lipinski definition) is 2. The lowest BCUT2D eigenvalue weighted by Crippen LogP contribution is -2.13. The highest BCUT2D eigenvalue weighted by atomic mass is 19.1. The van der Waals surface area contributed by atoms with Crippen LogP contribution in [0.25, 0.3) is 0 Å². The summed E-state index contributed by atoms with van der Waals surface area (Å²) in [4.78, 5) is 0. The molecule has 4 heteroatoms. The van der Waals surface area contributed by atoms with Crippen molar-refractivity contribution in [3.63, 3.8) is 0 Å². The molecule has 0 spiro atoms. The highest BCUT2D eigenvalue weighted by molar-refractivity contribution is 6.13. The van der Waals surface area contributed by atoms with Gasteiger partial charge in [0, 0.05) is 11.8 Å². The Morgan fingerprint density at radius 1 is 0.783 bits per heavy atom. The first-order valence-corrected chi connectivity index (χ1v) is 7.43. The second-order valence-corrected chi connectivity index (χ2v) is 5.39. The second-order valence-electron chi connectivity index (χ2n) is 5.39. The maximum absolute atomic E-state index is 13.1. The van der Waals surface area contributed by atoms with Crippen LogP contribution in [0.4, 0.5) is 4.39 Å². The van der Waals surface area contributed by atoms with Crippen LogP contribution in [0.2, 0.25) is 0 Å². The average Bonchev–Trinajstić information content (AvgIpc) is 2.96. The van der Waals surface area contributed by atoms with Crippen molar-refractivity contribution in [2.24, 2.45) is 10.2 Å². The highest BCUT2D eigenvalue weighted by Gasteiger charge is 2.17. The van der Waals surface area contributed by atoms with Gasteiger partial charge in [0.15, 0.2) is 0 Å². The zero-order valence-corrected chi connectivity index (χ0v) is 12.4. The van der Waals surface area contributed by atoms with Crippen molar-refractivity contribution in [1.82, 2.24) is 4.57 Å². The van der Waals surface area contributed by atoms with Crippen LogP contribution in [0.1, 0.15) is 16.8 Å². The molecule has 0 saturated carbocycles. The predicted molar refractivity (Wildman–Crippen MR) is 89.5 cm³/mol. The van der Waals surface area contributed by atoms with Crippen molar-refractivity contribution in [3.8, 4) is 0 Å². The molecule has 0 amide bonds. The molecule has 3 aromatic rings. The smallest absolute Gasteiger partial charge is 0.123 e. The Kier molecular flexibility index (Phi) is 3.35. The fourth-order valence-corrected chi connectivity index (χ4v) is 2.71. The zero-order valence-electron chi connectivity index (χ0n) is 12.4. The summed E-state index contributed by atoms with van der Waals surface area (Å²) in [5.74, 6) is -0.252. The quantitative estimate of drug-likeness (QED) is 0.687. The molecule has 0 bridgehead atoms. The normalized spacial score (nSPS) is 13.8. The number of fused-ring (bicyclic) bond motifs is 1. The molecule has 1 aliphatic rings. The SMILES string of the molecule is Fc1ccc(C2=NN=C(c3ccccc3)c3cccn3C2)cc1. The van der Waals surface area contributed by atoms with Gasteiger partial charge >= 0.3 is 0 Å². The first kappa shape index (κ1) is 13.6. The molecule has 0 saturated heterocycles. The maximum Gasteiger partial charge on any atom is 0.123 e. The summed E-state index contributed by atoms with van der Waals surface area (Å²) in [5, 5.41) is 8.91. The summed E-state index contributed by atoms with van der Waals surface area (Å²) in [6.07, 6.45) is 2.01. The lowest BCUT2D eigenvalue weighted by atomic mass is 10.1. The second kappa shape index (κ2) is 5.65. The lowest BCUT2D eigenvalue weighted by molar-refractivity contribution is 0.627. The third-order valence-electron chi connectivity index (χ3n) is 3.89. The minimum absolute atomic E-state index is 0.252. The van der Waals surface area contributed by atoms with Crippen LogP contribution >= 0.6 is 0 Å². The molecular weight excluding hydrogens is 289 g/mol. The summed E-state index contributed by atoms with van der Waals surface area (Å²) >= 11 is 0. The van der Waals surface area contributed by atoms with Gasteiger partial charge in [-0.15, -0.1) is 5.10 Å². The maximum atomic E-state index is 13.1. The number of benzene rings is 2. The average molecular weight is 303 g/mol. The van der Waals surface area contributed by atoms with Crippen LogP contribution in [-0.4, -0.2) is 16.0 Å². The molecule has 0 unspecified atom stereocenters. The van der Waals surface area contributed by atoms with E-state index in [4.69, 9.17) is 0 Å². The first-order chi connectivity index (χ1) is 11.3. The minimum Gasteiger partial charge on any atom is -0.340 e. The standard InChI is InChI=1S/C19H14FN3/c20-16-10-8-14(9-11-16)17-13-23-12-4-7-18(23)19(22-21-17)15-5-2-1-3-6-15/h1-12H,13H2. The number of halogens is 1. The van der Waals surface area contributed by atoms with Crippen molar-refractivity contribution in [1.29, 1.82) is 0 Å². The van der Waals surface area contributed by atoms with E-state index in [1.54, 1.807) is 12.1 Å². The summed E-state index contributed by atoms with van der Waals surface area (Å²) in [6, 6.07) is 20.4. The monoisotopic (exact) mass is 303 g/mol. The van der Waals surface area contributed by atoms with Crippen LogP contribution in [0.15, 0.2) is 83.1 Å². The molecule has 1 aliphatic heterocycles. The summed E-state index contributed by atoms with van der Waals surface area (Å²) in [6.45, 7) is 0.605. The molecule has 3 nitrogen and oxygen atoms in total. The molecule has 23 heavy (non-hydrogen) atoms. The predicted octanol–water partition coefficient (Wildman–Crippen LogP) is 3.88. The van der Waals surface area contributed by atoms with Gasteiger partial charge in [0.25, 0.3) is 0 Å². The highest BCUT2D eigenvalue weighted by Crippen LogP contribution is 2.17. The molecule has 112 valence electrons. The van der Waals surface area contributed by atoms with Crippen molar-refractivity contribution < 1.29 is 4.39 Å². The van der Waals surface area contributed by atoms with Gasteiger partial charge in [-0.3, -0.25) is 0 Å². The van der Waals surface area contributed by atoms with Gasteiger partial charge in [-0.05, 0) is 29.8 Å². The number of rotatable bonds is 2. The van der Waals surface area contributed by atoms with E-state index in [-0.39, 0.29) is 5.82 Å². The van der Waals surface area contributed by atoms with Crippen molar-refractivity contribution in [2.45, 2.75) is 6.54 Å². The Morgan fingerprint density at radius 3 is 2.35 bits per heavy atom. The topological polar surface area (TPSA) is 29.6 Å². The van der Waals surface area contributed by atoms with E-state index in [2.05, 4.69) is 14.8 Å². The lowest BCUT2D eigenvalue weighted by Gasteiger charge is -2.09. The summed E-state index contributed by atoms with van der Waals surface area (Å²) in [7, 11) is 0. The van der Waals surface area contributed by atoms with Crippen LogP contribution < -0.4 is 0 Å².